The minimum absolute atomic E-state index is 0.239. The number of nitrogens with zero attached hydrogens (tertiary/aromatic N) is 4. The predicted molar refractivity (Wildman–Crippen MR) is 145 cm³/mol. The summed E-state index contributed by atoms with van der Waals surface area (Å²) in [7, 11) is 0. The molecule has 0 spiro atoms. The number of halogens is 1. The van der Waals surface area contributed by atoms with E-state index in [1.54, 1.807) is 47.3 Å². The van der Waals surface area contributed by atoms with E-state index in [1.807, 2.05) is 38.1 Å². The van der Waals surface area contributed by atoms with Gasteiger partial charge in [-0.3, -0.25) is 10.1 Å². The van der Waals surface area contributed by atoms with E-state index < -0.39 is 6.03 Å². The lowest BCUT2D eigenvalue weighted by Crippen LogP contribution is -2.19. The number of aromatic amines is 1. The molecule has 37 heavy (non-hydrogen) atoms. The SMILES string of the molecule is CCc1nn(-c2c(C)cccc2Cl)c2nc(Cc3ccc(NC(=O)Nc4ccccn4)cc3)[nH]c(=O)c12. The van der Waals surface area contributed by atoms with E-state index in [1.165, 1.54) is 0 Å². The summed E-state index contributed by atoms with van der Waals surface area (Å²) < 4.78 is 1.66. The molecule has 0 fully saturated rings. The minimum atomic E-state index is -0.391. The minimum Gasteiger partial charge on any atom is -0.310 e. The van der Waals surface area contributed by atoms with Crippen LogP contribution in [0.15, 0.2) is 71.7 Å². The molecule has 0 atom stereocenters. The first-order valence-electron chi connectivity index (χ1n) is 11.8. The maximum Gasteiger partial charge on any atom is 0.324 e. The van der Waals surface area contributed by atoms with Crippen LogP contribution in [0.25, 0.3) is 16.7 Å². The fourth-order valence-electron chi connectivity index (χ4n) is 4.13. The van der Waals surface area contributed by atoms with Gasteiger partial charge in [-0.15, -0.1) is 0 Å². The summed E-state index contributed by atoms with van der Waals surface area (Å²) in [6.07, 6.45) is 2.57. The molecule has 3 heterocycles. The second-order valence-corrected chi connectivity index (χ2v) is 8.90. The van der Waals surface area contributed by atoms with Crippen LogP contribution in [0.4, 0.5) is 16.3 Å². The summed E-state index contributed by atoms with van der Waals surface area (Å²) in [5, 5.41) is 11.1. The van der Waals surface area contributed by atoms with Crippen molar-refractivity contribution in [2.45, 2.75) is 26.7 Å². The fourth-order valence-corrected chi connectivity index (χ4v) is 4.43. The number of aryl methyl sites for hydroxylation is 2. The normalized spacial score (nSPS) is 11.0. The third-order valence-electron chi connectivity index (χ3n) is 5.88. The van der Waals surface area contributed by atoms with Crippen LogP contribution in [-0.4, -0.2) is 30.8 Å². The van der Waals surface area contributed by atoms with Gasteiger partial charge in [-0.05, 0) is 54.8 Å². The highest BCUT2D eigenvalue weighted by Crippen LogP contribution is 2.27. The molecule has 2 aromatic carbocycles. The van der Waals surface area contributed by atoms with Crippen LogP contribution in [0, 0.1) is 6.92 Å². The van der Waals surface area contributed by atoms with Crippen molar-refractivity contribution in [1.82, 2.24) is 24.7 Å². The van der Waals surface area contributed by atoms with Crippen molar-refractivity contribution in [1.29, 1.82) is 0 Å². The van der Waals surface area contributed by atoms with Crippen molar-refractivity contribution in [3.8, 4) is 5.69 Å². The lowest BCUT2D eigenvalue weighted by molar-refractivity contribution is 0.262. The second-order valence-electron chi connectivity index (χ2n) is 8.50. The summed E-state index contributed by atoms with van der Waals surface area (Å²) in [4.78, 5) is 37.0. The monoisotopic (exact) mass is 513 g/mol. The molecule has 3 N–H and O–H groups in total. The van der Waals surface area contributed by atoms with Crippen LogP contribution in [-0.2, 0) is 12.8 Å². The van der Waals surface area contributed by atoms with Crippen LogP contribution >= 0.6 is 11.6 Å². The Morgan fingerprint density at radius 3 is 2.57 bits per heavy atom. The Kier molecular flexibility index (Phi) is 6.70. The topological polar surface area (TPSA) is 118 Å². The number of aromatic nitrogens is 5. The molecule has 0 unspecified atom stereocenters. The van der Waals surface area contributed by atoms with E-state index in [0.717, 1.165) is 11.1 Å². The molecule has 5 rings (SSSR count). The Hall–Kier alpha value is -4.50. The summed E-state index contributed by atoms with van der Waals surface area (Å²) in [5.74, 6) is 0.958. The van der Waals surface area contributed by atoms with E-state index in [0.29, 0.717) is 57.6 Å². The molecule has 5 aromatic rings. The number of benzene rings is 2. The molecule has 0 aliphatic carbocycles. The Balaban J connectivity index is 1.41. The van der Waals surface area contributed by atoms with Gasteiger partial charge < -0.3 is 10.3 Å². The number of anilines is 2. The average Bonchev–Trinajstić information content (AvgIpc) is 3.24. The molecule has 3 aromatic heterocycles. The number of para-hydroxylation sites is 1. The van der Waals surface area contributed by atoms with E-state index in [4.69, 9.17) is 16.6 Å². The Morgan fingerprint density at radius 2 is 1.86 bits per heavy atom. The van der Waals surface area contributed by atoms with Gasteiger partial charge in [0.05, 0.1) is 16.4 Å². The zero-order valence-corrected chi connectivity index (χ0v) is 21.0. The van der Waals surface area contributed by atoms with Crippen molar-refractivity contribution in [3.05, 3.63) is 105 Å². The number of H-pyrrole nitrogens is 1. The number of hydrogen-bond acceptors (Lipinski definition) is 5. The van der Waals surface area contributed by atoms with E-state index >= 15 is 0 Å². The van der Waals surface area contributed by atoms with Crippen LogP contribution < -0.4 is 16.2 Å². The number of hydrogen-bond donors (Lipinski definition) is 3. The van der Waals surface area contributed by atoms with Gasteiger partial charge in [-0.1, -0.05) is 48.9 Å². The van der Waals surface area contributed by atoms with E-state index in [9.17, 15) is 9.59 Å². The lowest BCUT2D eigenvalue weighted by atomic mass is 10.1. The predicted octanol–water partition coefficient (Wildman–Crippen LogP) is 5.26. The van der Waals surface area contributed by atoms with E-state index in [2.05, 4.69) is 25.7 Å². The third-order valence-corrected chi connectivity index (χ3v) is 6.19. The molecule has 0 aliphatic rings. The molecule has 10 heteroatoms. The first kappa shape index (κ1) is 24.2. The zero-order valence-electron chi connectivity index (χ0n) is 20.2. The number of carbonyl (C=O) groups is 1. The number of urea groups is 1. The maximum atomic E-state index is 13.1. The average molecular weight is 514 g/mol. The zero-order chi connectivity index (χ0) is 25.9. The molecule has 186 valence electrons. The number of carbonyl (C=O) groups excluding carboxylic acids is 1. The van der Waals surface area contributed by atoms with E-state index in [-0.39, 0.29) is 5.56 Å². The highest BCUT2D eigenvalue weighted by Gasteiger charge is 2.19. The van der Waals surface area contributed by atoms with Crippen molar-refractivity contribution in [2.24, 2.45) is 0 Å². The standard InChI is InChI=1S/C27H24ClN7O2/c1-3-20-23-25(35(34-20)24-16(2)7-6-8-19(24)28)31-22(32-26(23)36)15-17-10-12-18(13-11-17)30-27(37)33-21-9-4-5-14-29-21/h4-14H,3,15H2,1-2H3,(H,31,32,36)(H2,29,30,33,37). The maximum absolute atomic E-state index is 13.1. The first-order valence-corrected chi connectivity index (χ1v) is 12.1. The van der Waals surface area contributed by atoms with Gasteiger partial charge in [0.2, 0.25) is 0 Å². The van der Waals surface area contributed by atoms with Gasteiger partial charge in [0.25, 0.3) is 5.56 Å². The summed E-state index contributed by atoms with van der Waals surface area (Å²) in [6, 6.07) is 17.8. The number of pyridine rings is 1. The van der Waals surface area contributed by atoms with Crippen molar-refractivity contribution in [3.63, 3.8) is 0 Å². The lowest BCUT2D eigenvalue weighted by Gasteiger charge is -2.10. The smallest absolute Gasteiger partial charge is 0.310 e. The molecule has 0 bridgehead atoms. The summed E-state index contributed by atoms with van der Waals surface area (Å²) in [6.45, 7) is 3.89. The van der Waals surface area contributed by atoms with Gasteiger partial charge >= 0.3 is 6.03 Å². The number of amides is 2. The van der Waals surface area contributed by atoms with Crippen molar-refractivity contribution >= 4 is 40.2 Å². The van der Waals surface area contributed by atoms with Gasteiger partial charge in [0, 0.05) is 18.3 Å². The molecule has 9 nitrogen and oxygen atoms in total. The number of nitrogens with one attached hydrogen (secondary N) is 3. The molecular weight excluding hydrogens is 490 g/mol. The highest BCUT2D eigenvalue weighted by atomic mass is 35.5. The highest BCUT2D eigenvalue weighted by molar-refractivity contribution is 6.32. The second kappa shape index (κ2) is 10.2. The molecular formula is C27H24ClN7O2. The summed E-state index contributed by atoms with van der Waals surface area (Å²) in [5.41, 5.74) is 4.06. The van der Waals surface area contributed by atoms with Gasteiger partial charge in [-0.2, -0.15) is 5.10 Å². The van der Waals surface area contributed by atoms with Crippen molar-refractivity contribution in [2.75, 3.05) is 10.6 Å². The molecule has 0 aliphatic heterocycles. The Bertz CT molecular complexity index is 1620. The quantitative estimate of drug-likeness (QED) is 0.286. The molecule has 0 saturated heterocycles. The van der Waals surface area contributed by atoms with Gasteiger partial charge in [0.15, 0.2) is 5.65 Å². The number of fused-ring (bicyclic) bond motifs is 1. The Morgan fingerprint density at radius 1 is 1.05 bits per heavy atom. The number of rotatable bonds is 6. The largest absolute Gasteiger partial charge is 0.324 e. The van der Waals surface area contributed by atoms with Crippen LogP contribution in [0.5, 0.6) is 0 Å². The van der Waals surface area contributed by atoms with Crippen LogP contribution in [0.2, 0.25) is 5.02 Å². The fraction of sp³-hybridized carbons (Fsp3) is 0.148. The third kappa shape index (κ3) is 5.07. The molecule has 2 amide bonds. The molecule has 0 radical (unpaired) electrons. The van der Waals surface area contributed by atoms with Gasteiger partial charge in [-0.25, -0.2) is 19.4 Å². The van der Waals surface area contributed by atoms with Gasteiger partial charge in [0.1, 0.15) is 17.0 Å². The summed E-state index contributed by atoms with van der Waals surface area (Å²) >= 11 is 6.51. The van der Waals surface area contributed by atoms with Crippen molar-refractivity contribution < 1.29 is 4.79 Å². The van der Waals surface area contributed by atoms with Crippen LogP contribution in [0.3, 0.4) is 0 Å². The van der Waals surface area contributed by atoms with Crippen LogP contribution in [0.1, 0.15) is 29.6 Å². The Labute approximate surface area is 217 Å². The first-order chi connectivity index (χ1) is 17.9. The molecule has 0 saturated carbocycles.